The van der Waals surface area contributed by atoms with Crippen LogP contribution in [0.5, 0.6) is 0 Å². The molecule has 0 atom stereocenters. The summed E-state index contributed by atoms with van der Waals surface area (Å²) in [6.45, 7) is 6.78. The van der Waals surface area contributed by atoms with Crippen LogP contribution in [-0.4, -0.2) is 127 Å². The molecule has 3 aliphatic heterocycles. The lowest BCUT2D eigenvalue weighted by Crippen LogP contribution is -2.41. The van der Waals surface area contributed by atoms with E-state index in [0.717, 1.165) is 125 Å². The number of pyridine rings is 1. The lowest BCUT2D eigenvalue weighted by atomic mass is 9.90. The summed E-state index contributed by atoms with van der Waals surface area (Å²) in [6.07, 6.45) is 15.3. The number of hydrogen-bond donors (Lipinski definition) is 2. The van der Waals surface area contributed by atoms with E-state index in [4.69, 9.17) is 15.0 Å². The third-order valence-electron chi connectivity index (χ3n) is 16.3. The van der Waals surface area contributed by atoms with Gasteiger partial charge in [-0.05, 0) is 187 Å². The van der Waals surface area contributed by atoms with E-state index in [-0.39, 0.29) is 0 Å². The number of fused-ring (bicyclic) bond motifs is 6. The van der Waals surface area contributed by atoms with E-state index in [0.29, 0.717) is 18.0 Å². The molecule has 0 unspecified atom stereocenters. The molecule has 3 saturated heterocycles. The summed E-state index contributed by atoms with van der Waals surface area (Å²) < 4.78 is 9.24. The maximum atomic E-state index is 4.88. The van der Waals surface area contributed by atoms with Crippen molar-refractivity contribution < 1.29 is 0 Å². The van der Waals surface area contributed by atoms with Gasteiger partial charge in [-0.1, -0.05) is 23.5 Å². The third-order valence-corrected chi connectivity index (χ3v) is 19.5. The first-order valence-corrected chi connectivity index (χ1v) is 30.4. The van der Waals surface area contributed by atoms with Crippen molar-refractivity contribution >= 4 is 108 Å². The summed E-state index contributed by atoms with van der Waals surface area (Å²) in [4.78, 5) is 26.3. The number of aromatic nitrogens is 10. The number of benzene rings is 5. The largest absolute Gasteiger partial charge is 0.371 e. The Morgan fingerprint density at radius 2 is 0.975 bits per heavy atom. The molecule has 0 aliphatic carbocycles. The van der Waals surface area contributed by atoms with E-state index in [9.17, 15) is 0 Å². The van der Waals surface area contributed by atoms with Crippen LogP contribution in [0, 0.1) is 0 Å². The van der Waals surface area contributed by atoms with Gasteiger partial charge in [0.1, 0.15) is 10.0 Å². The van der Waals surface area contributed by atoms with E-state index < -0.39 is 0 Å². The molecule has 10 heterocycles. The summed E-state index contributed by atoms with van der Waals surface area (Å²) >= 11 is 5.29. The first-order valence-electron chi connectivity index (χ1n) is 27.9. The summed E-state index contributed by atoms with van der Waals surface area (Å²) in [5.41, 5.74) is 13.4. The van der Waals surface area contributed by atoms with E-state index in [1.165, 1.54) is 65.0 Å². The number of thiazole rings is 3. The number of likely N-dealkylation sites (tertiary alicyclic amines) is 1. The minimum Gasteiger partial charge on any atom is -0.371 e. The van der Waals surface area contributed by atoms with Crippen molar-refractivity contribution in [3.63, 3.8) is 0 Å². The van der Waals surface area contributed by atoms with Crippen LogP contribution >= 0.6 is 34.0 Å². The Bertz CT molecular complexity index is 4040. The summed E-state index contributed by atoms with van der Waals surface area (Å²) in [6, 6.07) is 36.0. The highest BCUT2D eigenvalue weighted by Crippen LogP contribution is 2.38. The highest BCUT2D eigenvalue weighted by molar-refractivity contribution is 7.22. The normalized spacial score (nSPS) is 16.0. The number of piperidine rings is 3. The van der Waals surface area contributed by atoms with Crippen molar-refractivity contribution in [1.29, 1.82) is 0 Å². The molecule has 0 spiro atoms. The molecule has 408 valence electrons. The van der Waals surface area contributed by atoms with Crippen LogP contribution in [0.3, 0.4) is 0 Å². The molecule has 5 aromatic carbocycles. The molecule has 80 heavy (non-hydrogen) atoms. The molecule has 2 N–H and O–H groups in total. The highest BCUT2D eigenvalue weighted by Gasteiger charge is 2.23. The van der Waals surface area contributed by atoms with Gasteiger partial charge in [0.15, 0.2) is 10.8 Å². The van der Waals surface area contributed by atoms with Crippen molar-refractivity contribution in [3.05, 3.63) is 127 Å². The van der Waals surface area contributed by atoms with Crippen LogP contribution in [0.1, 0.15) is 50.0 Å². The lowest BCUT2D eigenvalue weighted by Gasteiger charge is -2.33. The molecular weight excluding hydrogens is 1050 g/mol. The topological polar surface area (TPSA) is 139 Å². The predicted octanol–water partition coefficient (Wildman–Crippen LogP) is 12.1. The summed E-state index contributed by atoms with van der Waals surface area (Å²) in [5, 5.41) is 26.9. The van der Waals surface area contributed by atoms with Gasteiger partial charge in [-0.15, -0.1) is 22.7 Å². The number of anilines is 2. The molecule has 0 bridgehead atoms. The highest BCUT2D eigenvalue weighted by atomic mass is 32.1. The second-order valence-electron chi connectivity index (χ2n) is 22.0. The molecule has 7 aromatic heterocycles. The van der Waals surface area contributed by atoms with E-state index in [1.807, 2.05) is 47.6 Å². The molecule has 0 radical (unpaired) electrons. The average molecular weight is 1120 g/mol. The maximum Gasteiger partial charge on any atom is 0.188 e. The minimum absolute atomic E-state index is 0.555. The predicted molar refractivity (Wildman–Crippen MR) is 334 cm³/mol. The smallest absolute Gasteiger partial charge is 0.188 e. The monoisotopic (exact) mass is 1120 g/mol. The Balaban J connectivity index is 0.000000113. The maximum absolute atomic E-state index is 4.88. The Morgan fingerprint density at radius 3 is 1.55 bits per heavy atom. The van der Waals surface area contributed by atoms with Crippen molar-refractivity contribution in [1.82, 2.24) is 64.8 Å². The van der Waals surface area contributed by atoms with E-state index in [1.54, 1.807) is 34.0 Å². The van der Waals surface area contributed by atoms with Gasteiger partial charge in [-0.3, -0.25) is 14.0 Å². The fourth-order valence-electron chi connectivity index (χ4n) is 11.7. The van der Waals surface area contributed by atoms with Gasteiger partial charge in [-0.25, -0.2) is 15.0 Å². The molecule has 0 saturated carbocycles. The van der Waals surface area contributed by atoms with E-state index >= 15 is 0 Å². The Labute approximate surface area is 477 Å². The molecule has 18 heteroatoms. The zero-order valence-electron chi connectivity index (χ0n) is 46.3. The second kappa shape index (κ2) is 22.4. The van der Waals surface area contributed by atoms with Gasteiger partial charge >= 0.3 is 0 Å². The molecule has 15 rings (SSSR count). The number of nitrogens with zero attached hydrogens (tertiary/aromatic N) is 13. The van der Waals surface area contributed by atoms with Gasteiger partial charge in [0.05, 0.1) is 41.7 Å². The quantitative estimate of drug-likeness (QED) is 0.150. The Morgan fingerprint density at radius 1 is 0.475 bits per heavy atom. The van der Waals surface area contributed by atoms with Crippen LogP contribution in [0.4, 0.5) is 10.8 Å². The molecule has 3 aliphatic rings. The molecule has 15 nitrogen and oxygen atoms in total. The lowest BCUT2D eigenvalue weighted by molar-refractivity contribution is 0.255. The van der Waals surface area contributed by atoms with Crippen molar-refractivity contribution in [2.24, 2.45) is 21.1 Å². The summed E-state index contributed by atoms with van der Waals surface area (Å²) in [5.74, 6) is 0.688. The number of aryl methyl sites for hydroxylation is 3. The fourth-order valence-corrected chi connectivity index (χ4v) is 14.7. The van der Waals surface area contributed by atoms with Crippen LogP contribution in [0.2, 0.25) is 0 Å². The Hall–Kier alpha value is -7.19. The average Bonchev–Trinajstić information content (AvgIpc) is 4.49. The van der Waals surface area contributed by atoms with Gasteiger partial charge in [-0.2, -0.15) is 20.3 Å². The van der Waals surface area contributed by atoms with Crippen LogP contribution in [0.25, 0.3) is 95.8 Å². The molecule has 12 aromatic rings. The fraction of sp³-hybridized carbons (Fsp3) is 0.339. The zero-order chi connectivity index (χ0) is 54.4. The van der Waals surface area contributed by atoms with Crippen molar-refractivity contribution in [3.8, 4) is 32.3 Å². The van der Waals surface area contributed by atoms with Crippen molar-refractivity contribution in [2.45, 2.75) is 56.5 Å². The third kappa shape index (κ3) is 11.0. The van der Waals surface area contributed by atoms with Crippen LogP contribution in [-0.2, 0) is 21.1 Å². The van der Waals surface area contributed by atoms with Crippen LogP contribution in [0.15, 0.2) is 122 Å². The molecule has 3 fully saturated rings. The number of hydrogen-bond acceptors (Lipinski definition) is 15. The molecule has 0 amide bonds. The van der Waals surface area contributed by atoms with E-state index in [2.05, 4.69) is 176 Å². The minimum atomic E-state index is 0.555. The summed E-state index contributed by atoms with van der Waals surface area (Å²) in [7, 11) is 12.5. The van der Waals surface area contributed by atoms with Crippen molar-refractivity contribution in [2.75, 3.05) is 70.2 Å². The first-order chi connectivity index (χ1) is 39.0. The second-order valence-corrected chi connectivity index (χ2v) is 25.0. The first kappa shape index (κ1) is 52.2. The van der Waals surface area contributed by atoms with Gasteiger partial charge < -0.3 is 25.3 Å². The van der Waals surface area contributed by atoms with Gasteiger partial charge in [0.2, 0.25) is 0 Å². The zero-order valence-corrected chi connectivity index (χ0v) is 48.8. The van der Waals surface area contributed by atoms with Gasteiger partial charge in [0, 0.05) is 111 Å². The number of rotatable bonds is 8. The SMILES string of the molecule is CN(c1ccc2nc(-c3ccc4nn(C)cc4c3)sc2c1)C1CCNCC1.CN(c1nc2ncc(-c3ccc4nn(C)cc4c3)cc2s1)C1CCNCC1.CN1CCC(c2ccc3nc(-c4ccc5nn(C)cc5c4)sc3c2)CC1. The van der Waals surface area contributed by atoms with Crippen LogP contribution < -0.4 is 20.4 Å². The Kier molecular flexibility index (Phi) is 14.6. The number of nitrogens with one attached hydrogen (secondary N) is 2. The van der Waals surface area contributed by atoms with Gasteiger partial charge in [0.25, 0.3) is 0 Å². The molecular formula is C62H67N15S3. The standard InChI is InChI=1S/C21H23N5S.C21H22N4S.C20H22N6S/c1-25-13-15-11-14(3-5-18(15)24-25)21-23-19-6-4-17(12-20(19)27-21)26(2)16-7-9-22-10-8-16;1-24-9-7-14(8-10-24)15-3-6-19-20(12-15)26-21(22-19)16-4-5-18-17(11-16)13-25(2)23-18;1-25-12-15-9-13(3-4-17(15)24-25)14-10-18-19(22-11-14)23-20(27-18)26(2)16-5-7-21-8-6-16/h3-6,11-13,16,22H,7-10H2,1-2H3;3-6,11-14H,7-10H2,1-2H3;3-4,9-12,16,21H,5-8H2,1-2H3.